The molecule has 1 saturated carbocycles. The van der Waals surface area contributed by atoms with Crippen LogP contribution in [0, 0.1) is 5.92 Å². The zero-order valence-electron chi connectivity index (χ0n) is 13.1. The van der Waals surface area contributed by atoms with E-state index >= 15 is 0 Å². The van der Waals surface area contributed by atoms with Crippen LogP contribution in [0.15, 0.2) is 12.2 Å². The number of fused-ring (bicyclic) bond motifs is 2. The van der Waals surface area contributed by atoms with E-state index in [9.17, 15) is 9.90 Å². The Morgan fingerprint density at radius 2 is 2.04 bits per heavy atom. The summed E-state index contributed by atoms with van der Waals surface area (Å²) in [5, 5.41) is 13.0. The third-order valence-corrected chi connectivity index (χ3v) is 6.55. The van der Waals surface area contributed by atoms with Crippen molar-refractivity contribution in [3.63, 3.8) is 0 Å². The van der Waals surface area contributed by atoms with E-state index in [2.05, 4.69) is 5.32 Å². The van der Waals surface area contributed by atoms with Crippen molar-refractivity contribution in [2.24, 2.45) is 5.92 Å². The van der Waals surface area contributed by atoms with E-state index in [0.29, 0.717) is 26.1 Å². The first-order chi connectivity index (χ1) is 11.1. The molecular weight excluding hydrogens is 298 g/mol. The summed E-state index contributed by atoms with van der Waals surface area (Å²) < 4.78 is 17.6. The van der Waals surface area contributed by atoms with Crippen LogP contribution in [0.4, 0.5) is 0 Å². The molecule has 1 amide bonds. The van der Waals surface area contributed by atoms with Crippen molar-refractivity contribution in [1.29, 1.82) is 0 Å². The first kappa shape index (κ1) is 14.4. The summed E-state index contributed by atoms with van der Waals surface area (Å²) in [6.45, 7) is 1.32. The predicted molar refractivity (Wildman–Crippen MR) is 79.7 cm³/mol. The van der Waals surface area contributed by atoms with Gasteiger partial charge in [-0.3, -0.25) is 4.79 Å². The molecule has 0 radical (unpaired) electrons. The Morgan fingerprint density at radius 1 is 1.26 bits per heavy atom. The van der Waals surface area contributed by atoms with Gasteiger partial charge in [-0.15, -0.1) is 0 Å². The average Bonchev–Trinajstić information content (AvgIpc) is 3.25. The van der Waals surface area contributed by atoms with Gasteiger partial charge in [-0.2, -0.15) is 0 Å². The molecule has 6 nitrogen and oxygen atoms in total. The zero-order chi connectivity index (χ0) is 15.7. The lowest BCUT2D eigenvalue weighted by Crippen LogP contribution is -2.68. The van der Waals surface area contributed by atoms with Gasteiger partial charge in [-0.25, -0.2) is 0 Å². The summed E-state index contributed by atoms with van der Waals surface area (Å²) >= 11 is 0. The second kappa shape index (κ2) is 4.57. The van der Waals surface area contributed by atoms with Crippen LogP contribution in [0.25, 0.3) is 0 Å². The minimum atomic E-state index is -0.463. The second-order valence-corrected chi connectivity index (χ2v) is 7.84. The summed E-state index contributed by atoms with van der Waals surface area (Å²) in [6.07, 6.45) is 7.82. The Hall–Kier alpha value is -0.950. The molecule has 6 aliphatic rings. The lowest BCUT2D eigenvalue weighted by molar-refractivity contribution is -0.135. The monoisotopic (exact) mass is 321 g/mol. The molecule has 23 heavy (non-hydrogen) atoms. The highest BCUT2D eigenvalue weighted by atomic mass is 16.6. The van der Waals surface area contributed by atoms with E-state index in [1.54, 1.807) is 0 Å². The van der Waals surface area contributed by atoms with Crippen LogP contribution in [0.1, 0.15) is 32.1 Å². The molecule has 6 heteroatoms. The van der Waals surface area contributed by atoms with Gasteiger partial charge in [0.25, 0.3) is 0 Å². The van der Waals surface area contributed by atoms with Crippen molar-refractivity contribution in [2.45, 2.75) is 61.1 Å². The Bertz CT molecular complexity index is 561. The smallest absolute Gasteiger partial charge is 0.226 e. The summed E-state index contributed by atoms with van der Waals surface area (Å²) in [5.41, 5.74) is -1.18. The van der Waals surface area contributed by atoms with E-state index in [-0.39, 0.29) is 41.8 Å². The molecule has 5 aliphatic heterocycles. The largest absolute Gasteiger partial charge is 0.393 e. The van der Waals surface area contributed by atoms with Gasteiger partial charge in [-0.05, 0) is 6.42 Å². The number of ether oxygens (including phenoxy) is 3. The Morgan fingerprint density at radius 3 is 2.65 bits per heavy atom. The van der Waals surface area contributed by atoms with Crippen molar-refractivity contribution in [3.8, 4) is 0 Å². The lowest BCUT2D eigenvalue weighted by atomic mass is 9.60. The molecule has 5 fully saturated rings. The topological polar surface area (TPSA) is 77.0 Å². The van der Waals surface area contributed by atoms with Gasteiger partial charge >= 0.3 is 0 Å². The quantitative estimate of drug-likeness (QED) is 0.731. The van der Waals surface area contributed by atoms with Crippen LogP contribution < -0.4 is 5.32 Å². The molecule has 4 saturated heterocycles. The first-order valence-electron chi connectivity index (χ1n) is 8.64. The highest BCUT2D eigenvalue weighted by molar-refractivity contribution is 5.81. The van der Waals surface area contributed by atoms with Crippen molar-refractivity contribution in [3.05, 3.63) is 12.2 Å². The molecule has 0 aromatic heterocycles. The maximum Gasteiger partial charge on any atom is 0.226 e. The van der Waals surface area contributed by atoms with E-state index < -0.39 is 5.60 Å². The van der Waals surface area contributed by atoms with Gasteiger partial charge < -0.3 is 24.6 Å². The SMILES string of the molecule is O=C(NC12CC(CO)(C1)OC21CCOCC1)[C@@H]1C[C@H]2C=C[C@@H]1O2. The van der Waals surface area contributed by atoms with Crippen molar-refractivity contribution >= 4 is 5.91 Å². The van der Waals surface area contributed by atoms with Crippen LogP contribution in [-0.4, -0.2) is 59.8 Å². The molecular formula is C17H23NO5. The van der Waals surface area contributed by atoms with Gasteiger partial charge in [0.05, 0.1) is 41.5 Å². The number of aliphatic hydroxyl groups is 1. The third-order valence-electron chi connectivity index (χ3n) is 6.55. The molecule has 1 aliphatic carbocycles. The van der Waals surface area contributed by atoms with Crippen molar-refractivity contribution < 1.29 is 24.1 Å². The number of nitrogens with one attached hydrogen (secondary N) is 1. The van der Waals surface area contributed by atoms with Crippen LogP contribution in [-0.2, 0) is 19.0 Å². The Kier molecular flexibility index (Phi) is 2.86. The normalized spacial score (nSPS) is 48.7. The predicted octanol–water partition coefficient (Wildman–Crippen LogP) is 0.289. The number of hydrogen-bond acceptors (Lipinski definition) is 5. The fraction of sp³-hybridized carbons (Fsp3) is 0.824. The van der Waals surface area contributed by atoms with Crippen LogP contribution >= 0.6 is 0 Å². The van der Waals surface area contributed by atoms with Crippen LogP contribution in [0.3, 0.4) is 0 Å². The Labute approximate surface area is 135 Å². The van der Waals surface area contributed by atoms with Gasteiger partial charge in [0.1, 0.15) is 0 Å². The minimum absolute atomic E-state index is 0.0210. The van der Waals surface area contributed by atoms with E-state index in [1.807, 2.05) is 12.2 Å². The van der Waals surface area contributed by atoms with Gasteiger partial charge in [-0.1, -0.05) is 12.2 Å². The molecule has 126 valence electrons. The number of amides is 1. The fourth-order valence-corrected chi connectivity index (χ4v) is 5.44. The maximum absolute atomic E-state index is 12.9. The van der Waals surface area contributed by atoms with Crippen molar-refractivity contribution in [1.82, 2.24) is 5.32 Å². The van der Waals surface area contributed by atoms with Crippen molar-refractivity contribution in [2.75, 3.05) is 19.8 Å². The van der Waals surface area contributed by atoms with Gasteiger partial charge in [0, 0.05) is 38.9 Å². The Balaban J connectivity index is 1.38. The molecule has 6 rings (SSSR count). The summed E-state index contributed by atoms with van der Waals surface area (Å²) in [4.78, 5) is 12.9. The van der Waals surface area contributed by atoms with E-state index in [0.717, 1.165) is 19.3 Å². The summed E-state index contributed by atoms with van der Waals surface area (Å²) in [7, 11) is 0. The van der Waals surface area contributed by atoms with Crippen LogP contribution in [0.2, 0.25) is 0 Å². The van der Waals surface area contributed by atoms with Crippen LogP contribution in [0.5, 0.6) is 0 Å². The number of aliphatic hydroxyl groups excluding tert-OH is 1. The lowest BCUT2D eigenvalue weighted by Gasteiger charge is -2.49. The molecule has 3 atom stereocenters. The third kappa shape index (κ3) is 1.81. The molecule has 0 unspecified atom stereocenters. The molecule has 0 aromatic carbocycles. The standard InChI is InChI=1S/C17H23NO5/c19-10-15-8-16(9-15,17(23-15)3-5-21-6-4-17)18-14(20)12-7-11-1-2-13(12)22-11/h1-2,11-13,19H,3-10H2,(H,18,20)/t11-,12-,13+,15?,16?/m1/s1. The minimum Gasteiger partial charge on any atom is -0.393 e. The van der Waals surface area contributed by atoms with Gasteiger partial charge in [0.15, 0.2) is 0 Å². The van der Waals surface area contributed by atoms with E-state index in [1.165, 1.54) is 0 Å². The summed E-state index contributed by atoms with van der Waals surface area (Å²) in [5.74, 6) is -0.0225. The number of carbonyl (C=O) groups is 1. The molecule has 0 aromatic rings. The number of carbonyl (C=O) groups excluding carboxylic acids is 1. The average molecular weight is 321 g/mol. The zero-order valence-corrected chi connectivity index (χ0v) is 13.1. The second-order valence-electron chi connectivity index (χ2n) is 7.84. The molecule has 5 heterocycles. The number of hydrogen-bond donors (Lipinski definition) is 2. The molecule has 4 bridgehead atoms. The highest BCUT2D eigenvalue weighted by Gasteiger charge is 2.75. The van der Waals surface area contributed by atoms with E-state index in [4.69, 9.17) is 14.2 Å². The highest BCUT2D eigenvalue weighted by Crippen LogP contribution is 2.63. The molecule has 1 spiro atoms. The van der Waals surface area contributed by atoms with Gasteiger partial charge in [0.2, 0.25) is 5.91 Å². The summed E-state index contributed by atoms with van der Waals surface area (Å²) in [6, 6.07) is 0. The fourth-order valence-electron chi connectivity index (χ4n) is 5.44. The maximum atomic E-state index is 12.9. The molecule has 2 N–H and O–H groups in total. The first-order valence-corrected chi connectivity index (χ1v) is 8.64. The number of rotatable bonds is 3.